The molecule has 0 aromatic rings. The van der Waals surface area contributed by atoms with Crippen molar-refractivity contribution in [2.24, 2.45) is 0 Å². The molecule has 1 aliphatic rings. The normalized spacial score (nSPS) is 19.1. The molecule has 18 heavy (non-hydrogen) atoms. The minimum absolute atomic E-state index is 0.193. The number of aliphatic carboxylic acids is 1. The largest absolute Gasteiger partial charge is 0.480 e. The standard InChI is InChI=1S/C12H23NO4S/c1-4-13(12(2,3)11(14)15)18(16,17)10-8-6-5-7-9-10/h10H,4-9H2,1-3H3,(H,14,15). The zero-order chi connectivity index (χ0) is 14.0. The summed E-state index contributed by atoms with van der Waals surface area (Å²) in [7, 11) is -3.52. The molecule has 1 rings (SSSR count). The Morgan fingerprint density at radius 3 is 2.17 bits per heavy atom. The number of hydrogen-bond acceptors (Lipinski definition) is 3. The van der Waals surface area contributed by atoms with Crippen molar-refractivity contribution in [2.45, 2.75) is 63.7 Å². The molecule has 0 aromatic heterocycles. The number of nitrogens with zero attached hydrogens (tertiary/aromatic N) is 1. The van der Waals surface area contributed by atoms with Gasteiger partial charge >= 0.3 is 5.97 Å². The Morgan fingerprint density at radius 1 is 1.28 bits per heavy atom. The van der Waals surface area contributed by atoms with Crippen LogP contribution in [0.2, 0.25) is 0 Å². The van der Waals surface area contributed by atoms with Gasteiger partial charge in [-0.05, 0) is 26.7 Å². The third-order valence-electron chi connectivity index (χ3n) is 3.71. The summed E-state index contributed by atoms with van der Waals surface area (Å²) in [6, 6.07) is 0. The highest BCUT2D eigenvalue weighted by Gasteiger charge is 2.44. The second kappa shape index (κ2) is 5.57. The van der Waals surface area contributed by atoms with E-state index in [9.17, 15) is 18.3 Å². The number of carboxylic acids is 1. The molecule has 1 aliphatic carbocycles. The van der Waals surface area contributed by atoms with E-state index in [1.165, 1.54) is 13.8 Å². The van der Waals surface area contributed by atoms with Crippen molar-refractivity contribution in [1.29, 1.82) is 0 Å². The van der Waals surface area contributed by atoms with Gasteiger partial charge in [-0.15, -0.1) is 0 Å². The van der Waals surface area contributed by atoms with Crippen LogP contribution in [0.3, 0.4) is 0 Å². The van der Waals surface area contributed by atoms with Crippen LogP contribution < -0.4 is 0 Å². The van der Waals surface area contributed by atoms with E-state index in [-0.39, 0.29) is 6.54 Å². The molecule has 0 amide bonds. The lowest BCUT2D eigenvalue weighted by Gasteiger charge is -2.36. The molecule has 0 saturated heterocycles. The van der Waals surface area contributed by atoms with Crippen molar-refractivity contribution in [3.05, 3.63) is 0 Å². The van der Waals surface area contributed by atoms with E-state index in [0.717, 1.165) is 23.6 Å². The Hall–Kier alpha value is -0.620. The Labute approximate surface area is 109 Å². The van der Waals surface area contributed by atoms with E-state index in [1.807, 2.05) is 0 Å². The minimum atomic E-state index is -3.52. The number of sulfonamides is 1. The molecule has 0 unspecified atom stereocenters. The molecule has 106 valence electrons. The van der Waals surface area contributed by atoms with E-state index in [4.69, 9.17) is 0 Å². The van der Waals surface area contributed by atoms with Crippen LogP contribution in [-0.2, 0) is 14.8 Å². The van der Waals surface area contributed by atoms with Gasteiger partial charge in [0.1, 0.15) is 5.54 Å². The van der Waals surface area contributed by atoms with Gasteiger partial charge in [0.2, 0.25) is 10.0 Å². The summed E-state index contributed by atoms with van der Waals surface area (Å²) < 4.78 is 26.2. The van der Waals surface area contributed by atoms with Crippen LogP contribution in [0.5, 0.6) is 0 Å². The fraction of sp³-hybridized carbons (Fsp3) is 0.917. The fourth-order valence-corrected chi connectivity index (χ4v) is 4.91. The van der Waals surface area contributed by atoms with Gasteiger partial charge in [0.05, 0.1) is 5.25 Å². The summed E-state index contributed by atoms with van der Waals surface area (Å²) in [6.45, 7) is 4.77. The van der Waals surface area contributed by atoms with Gasteiger partial charge in [0.25, 0.3) is 0 Å². The molecule has 0 aromatic carbocycles. The quantitative estimate of drug-likeness (QED) is 0.832. The van der Waals surface area contributed by atoms with Gasteiger partial charge in [-0.25, -0.2) is 8.42 Å². The molecular weight excluding hydrogens is 254 g/mol. The summed E-state index contributed by atoms with van der Waals surface area (Å²) >= 11 is 0. The van der Waals surface area contributed by atoms with E-state index >= 15 is 0 Å². The Morgan fingerprint density at radius 2 is 1.78 bits per heavy atom. The zero-order valence-electron chi connectivity index (χ0n) is 11.3. The first-order valence-electron chi connectivity index (χ1n) is 6.49. The predicted molar refractivity (Wildman–Crippen MR) is 69.9 cm³/mol. The Bertz CT molecular complexity index is 396. The van der Waals surface area contributed by atoms with Crippen molar-refractivity contribution in [3.63, 3.8) is 0 Å². The molecule has 1 saturated carbocycles. The van der Waals surface area contributed by atoms with Crippen LogP contribution in [0.4, 0.5) is 0 Å². The molecule has 0 radical (unpaired) electrons. The lowest BCUT2D eigenvalue weighted by molar-refractivity contribution is -0.146. The molecule has 1 N–H and O–H groups in total. The number of likely N-dealkylation sites (N-methyl/N-ethyl adjacent to an activating group) is 1. The number of carbonyl (C=O) groups is 1. The summed E-state index contributed by atoms with van der Waals surface area (Å²) in [5.41, 5.74) is -1.38. The first-order valence-corrected chi connectivity index (χ1v) is 8.00. The van der Waals surface area contributed by atoms with Crippen molar-refractivity contribution in [3.8, 4) is 0 Å². The molecule has 0 heterocycles. The van der Waals surface area contributed by atoms with Crippen molar-refractivity contribution in [1.82, 2.24) is 4.31 Å². The Balaban J connectivity index is 3.03. The highest BCUT2D eigenvalue weighted by Crippen LogP contribution is 2.30. The average Bonchev–Trinajstić information content (AvgIpc) is 2.30. The van der Waals surface area contributed by atoms with Crippen LogP contribution in [0.1, 0.15) is 52.9 Å². The molecule has 0 spiro atoms. The topological polar surface area (TPSA) is 74.7 Å². The maximum absolute atomic E-state index is 12.5. The van der Waals surface area contributed by atoms with Crippen LogP contribution in [0.25, 0.3) is 0 Å². The molecule has 1 fully saturated rings. The van der Waals surface area contributed by atoms with E-state index in [2.05, 4.69) is 0 Å². The van der Waals surface area contributed by atoms with Gasteiger partial charge < -0.3 is 5.11 Å². The summed E-state index contributed by atoms with van der Waals surface area (Å²) in [4.78, 5) is 11.2. The summed E-state index contributed by atoms with van der Waals surface area (Å²) in [5.74, 6) is -1.11. The van der Waals surface area contributed by atoms with Crippen LogP contribution >= 0.6 is 0 Å². The molecule has 6 heteroatoms. The smallest absolute Gasteiger partial charge is 0.324 e. The fourth-order valence-electron chi connectivity index (χ4n) is 2.54. The second-order valence-electron chi connectivity index (χ2n) is 5.33. The molecular formula is C12H23NO4S. The monoisotopic (exact) mass is 277 g/mol. The van der Waals surface area contributed by atoms with E-state index in [0.29, 0.717) is 12.8 Å². The van der Waals surface area contributed by atoms with Gasteiger partial charge in [-0.1, -0.05) is 26.2 Å². The van der Waals surface area contributed by atoms with Gasteiger partial charge in [-0.2, -0.15) is 4.31 Å². The molecule has 0 atom stereocenters. The van der Waals surface area contributed by atoms with E-state index < -0.39 is 26.8 Å². The first-order chi connectivity index (χ1) is 8.24. The lowest BCUT2D eigenvalue weighted by Crippen LogP contribution is -2.55. The molecule has 0 aliphatic heterocycles. The summed E-state index contributed by atoms with van der Waals surface area (Å²) in [6.07, 6.45) is 4.19. The van der Waals surface area contributed by atoms with Crippen molar-refractivity contribution >= 4 is 16.0 Å². The van der Waals surface area contributed by atoms with Gasteiger partial charge in [-0.3, -0.25) is 4.79 Å². The summed E-state index contributed by atoms with van der Waals surface area (Å²) in [5, 5.41) is 8.79. The van der Waals surface area contributed by atoms with Gasteiger partial charge in [0, 0.05) is 6.54 Å². The second-order valence-corrected chi connectivity index (χ2v) is 7.47. The third kappa shape index (κ3) is 2.85. The highest BCUT2D eigenvalue weighted by atomic mass is 32.2. The average molecular weight is 277 g/mol. The molecule has 5 nitrogen and oxygen atoms in total. The SMILES string of the molecule is CCN(C(C)(C)C(=O)O)S(=O)(=O)C1CCCCC1. The number of hydrogen-bond donors (Lipinski definition) is 1. The zero-order valence-corrected chi connectivity index (χ0v) is 12.2. The minimum Gasteiger partial charge on any atom is -0.480 e. The molecule has 0 bridgehead atoms. The third-order valence-corrected chi connectivity index (χ3v) is 6.36. The van der Waals surface area contributed by atoms with E-state index in [1.54, 1.807) is 6.92 Å². The predicted octanol–water partition coefficient (Wildman–Crippen LogP) is 1.83. The van der Waals surface area contributed by atoms with Crippen LogP contribution in [0.15, 0.2) is 0 Å². The maximum atomic E-state index is 12.5. The van der Waals surface area contributed by atoms with Crippen molar-refractivity contribution < 1.29 is 18.3 Å². The lowest BCUT2D eigenvalue weighted by atomic mass is 10.0. The Kier molecular flexibility index (Phi) is 4.78. The first kappa shape index (κ1) is 15.4. The van der Waals surface area contributed by atoms with Crippen LogP contribution in [0, 0.1) is 0 Å². The number of rotatable bonds is 5. The number of carboxylic acid groups (broad SMARTS) is 1. The van der Waals surface area contributed by atoms with Gasteiger partial charge in [0.15, 0.2) is 0 Å². The maximum Gasteiger partial charge on any atom is 0.324 e. The highest BCUT2D eigenvalue weighted by molar-refractivity contribution is 7.89. The van der Waals surface area contributed by atoms with Crippen LogP contribution in [-0.4, -0.2) is 41.1 Å². The van der Waals surface area contributed by atoms with Crippen molar-refractivity contribution in [2.75, 3.05) is 6.54 Å².